The minimum Gasteiger partial charge on any atom is -0.478 e. The molecule has 5 heteroatoms. The summed E-state index contributed by atoms with van der Waals surface area (Å²) < 4.78 is 0. The zero-order chi connectivity index (χ0) is 20.1. The van der Waals surface area contributed by atoms with Crippen LogP contribution in [0.5, 0.6) is 0 Å². The number of aromatic nitrogens is 1. The predicted octanol–water partition coefficient (Wildman–Crippen LogP) is 4.79. The molecule has 1 aliphatic rings. The van der Waals surface area contributed by atoms with E-state index in [-0.39, 0.29) is 5.56 Å². The first-order chi connectivity index (χ1) is 14.2. The molecule has 1 aromatic heterocycles. The van der Waals surface area contributed by atoms with Crippen LogP contribution in [-0.2, 0) is 0 Å². The number of nitrogens with one attached hydrogen (secondary N) is 2. The van der Waals surface area contributed by atoms with Crippen molar-refractivity contribution >= 4 is 22.6 Å². The van der Waals surface area contributed by atoms with Crippen LogP contribution in [0.3, 0.4) is 0 Å². The maximum atomic E-state index is 11.3. The molecular formula is C24H27N3O2. The van der Waals surface area contributed by atoms with Crippen molar-refractivity contribution in [3.63, 3.8) is 0 Å². The van der Waals surface area contributed by atoms with Gasteiger partial charge in [0.2, 0.25) is 0 Å². The fourth-order valence-corrected chi connectivity index (χ4v) is 4.07. The third-order valence-corrected chi connectivity index (χ3v) is 5.63. The van der Waals surface area contributed by atoms with Crippen LogP contribution < -0.4 is 10.6 Å². The molecule has 1 atom stereocenters. The van der Waals surface area contributed by atoms with Crippen molar-refractivity contribution in [3.05, 3.63) is 60.2 Å². The number of benzene rings is 2. The summed E-state index contributed by atoms with van der Waals surface area (Å²) in [6.45, 7) is 3.21. The monoisotopic (exact) mass is 389 g/mol. The van der Waals surface area contributed by atoms with Crippen molar-refractivity contribution in [1.29, 1.82) is 0 Å². The number of hydrogen-bond donors (Lipinski definition) is 3. The zero-order valence-electron chi connectivity index (χ0n) is 16.5. The van der Waals surface area contributed by atoms with Crippen LogP contribution in [0.15, 0.2) is 54.6 Å². The molecule has 4 rings (SSSR count). The van der Waals surface area contributed by atoms with E-state index in [1.54, 1.807) is 18.2 Å². The van der Waals surface area contributed by atoms with Gasteiger partial charge < -0.3 is 15.7 Å². The molecule has 2 aromatic carbocycles. The molecule has 0 amide bonds. The number of para-hydroxylation sites is 1. The Bertz CT molecular complexity index is 996. The molecule has 3 N–H and O–H groups in total. The second-order valence-corrected chi connectivity index (χ2v) is 7.74. The second-order valence-electron chi connectivity index (χ2n) is 7.74. The summed E-state index contributed by atoms with van der Waals surface area (Å²) in [6.07, 6.45) is 4.98. The molecule has 0 radical (unpaired) electrons. The summed E-state index contributed by atoms with van der Waals surface area (Å²) in [7, 11) is 0. The van der Waals surface area contributed by atoms with E-state index in [4.69, 9.17) is 4.98 Å². The Hall–Kier alpha value is -2.92. The molecule has 1 fully saturated rings. The highest BCUT2D eigenvalue weighted by molar-refractivity contribution is 5.94. The molecule has 0 bridgehead atoms. The van der Waals surface area contributed by atoms with E-state index in [9.17, 15) is 9.90 Å². The summed E-state index contributed by atoms with van der Waals surface area (Å²) in [6, 6.07) is 17.1. The highest BCUT2D eigenvalue weighted by atomic mass is 16.4. The van der Waals surface area contributed by atoms with Gasteiger partial charge in [0.05, 0.1) is 16.8 Å². The number of carboxylic acids is 1. The molecule has 3 aromatic rings. The first-order valence-corrected chi connectivity index (χ1v) is 10.4. The Labute approximate surface area is 171 Å². The number of carboxylic acid groups (broad SMARTS) is 1. The Morgan fingerprint density at radius 3 is 2.90 bits per heavy atom. The van der Waals surface area contributed by atoms with E-state index in [0.29, 0.717) is 0 Å². The van der Waals surface area contributed by atoms with E-state index in [1.165, 1.54) is 19.3 Å². The van der Waals surface area contributed by atoms with Gasteiger partial charge in [-0.15, -0.1) is 0 Å². The van der Waals surface area contributed by atoms with Gasteiger partial charge in [-0.1, -0.05) is 30.3 Å². The summed E-state index contributed by atoms with van der Waals surface area (Å²) >= 11 is 0. The number of piperidine rings is 1. The first kappa shape index (κ1) is 19.4. The zero-order valence-corrected chi connectivity index (χ0v) is 16.5. The Kier molecular flexibility index (Phi) is 6.06. The molecule has 29 heavy (non-hydrogen) atoms. The Morgan fingerprint density at radius 1 is 1.17 bits per heavy atom. The molecule has 1 aliphatic heterocycles. The lowest BCUT2D eigenvalue weighted by Gasteiger charge is -2.22. The molecule has 2 heterocycles. The van der Waals surface area contributed by atoms with Crippen LogP contribution in [0.1, 0.15) is 36.0 Å². The smallest absolute Gasteiger partial charge is 0.335 e. The van der Waals surface area contributed by atoms with Crippen LogP contribution in [0.4, 0.5) is 5.69 Å². The van der Waals surface area contributed by atoms with Crippen molar-refractivity contribution in [3.8, 4) is 11.3 Å². The number of nitrogens with zero attached hydrogens (tertiary/aromatic N) is 1. The average Bonchev–Trinajstić information content (AvgIpc) is 2.77. The summed E-state index contributed by atoms with van der Waals surface area (Å²) in [5, 5.41) is 17.5. The standard InChI is InChI=1S/C24H27N3O2/c28-24(29)19-9-3-8-18(14-19)22-15-23(20-10-1-2-11-21(20)27-22)26-13-5-7-17-6-4-12-25-16-17/h1-3,8-11,14-15,17,25H,4-7,12-13,16H2,(H,26,27)(H,28,29). The molecular weight excluding hydrogens is 362 g/mol. The van der Waals surface area contributed by atoms with Crippen LogP contribution >= 0.6 is 0 Å². The van der Waals surface area contributed by atoms with Crippen molar-refractivity contribution in [1.82, 2.24) is 10.3 Å². The number of pyridine rings is 1. The molecule has 150 valence electrons. The molecule has 0 saturated carbocycles. The van der Waals surface area contributed by atoms with Gasteiger partial charge >= 0.3 is 5.97 Å². The van der Waals surface area contributed by atoms with Crippen LogP contribution in [0, 0.1) is 5.92 Å². The third kappa shape index (κ3) is 4.74. The number of rotatable bonds is 7. The van der Waals surface area contributed by atoms with Crippen LogP contribution in [-0.4, -0.2) is 35.7 Å². The van der Waals surface area contributed by atoms with Gasteiger partial charge in [0.1, 0.15) is 0 Å². The molecule has 0 spiro atoms. The summed E-state index contributed by atoms with van der Waals surface area (Å²) in [4.78, 5) is 16.1. The van der Waals surface area contributed by atoms with Gasteiger partial charge in [0.25, 0.3) is 0 Å². The van der Waals surface area contributed by atoms with Crippen LogP contribution in [0.25, 0.3) is 22.2 Å². The third-order valence-electron chi connectivity index (χ3n) is 5.63. The van der Waals surface area contributed by atoms with E-state index >= 15 is 0 Å². The summed E-state index contributed by atoms with van der Waals surface area (Å²) in [5.41, 5.74) is 3.82. The normalized spacial score (nSPS) is 16.6. The molecule has 0 aliphatic carbocycles. The van der Waals surface area contributed by atoms with Gasteiger partial charge in [0.15, 0.2) is 0 Å². The minimum atomic E-state index is -0.928. The fourth-order valence-electron chi connectivity index (χ4n) is 4.07. The minimum absolute atomic E-state index is 0.271. The van der Waals surface area contributed by atoms with E-state index in [0.717, 1.165) is 59.8 Å². The lowest BCUT2D eigenvalue weighted by Crippen LogP contribution is -2.29. The van der Waals surface area contributed by atoms with Crippen molar-refractivity contribution in [2.24, 2.45) is 5.92 Å². The Balaban J connectivity index is 1.54. The van der Waals surface area contributed by atoms with Crippen molar-refractivity contribution in [2.75, 3.05) is 25.0 Å². The van der Waals surface area contributed by atoms with Crippen molar-refractivity contribution in [2.45, 2.75) is 25.7 Å². The maximum absolute atomic E-state index is 11.3. The number of aromatic carboxylic acids is 1. The van der Waals surface area contributed by atoms with Gasteiger partial charge in [-0.3, -0.25) is 0 Å². The van der Waals surface area contributed by atoms with E-state index < -0.39 is 5.97 Å². The van der Waals surface area contributed by atoms with E-state index in [1.807, 2.05) is 30.3 Å². The number of hydrogen-bond acceptors (Lipinski definition) is 4. The quantitative estimate of drug-likeness (QED) is 0.507. The number of anilines is 1. The largest absolute Gasteiger partial charge is 0.478 e. The van der Waals surface area contributed by atoms with Gasteiger partial charge in [-0.2, -0.15) is 0 Å². The molecule has 1 unspecified atom stereocenters. The molecule has 1 saturated heterocycles. The molecule has 5 nitrogen and oxygen atoms in total. The highest BCUT2D eigenvalue weighted by Gasteiger charge is 2.13. The fraction of sp³-hybridized carbons (Fsp3) is 0.333. The van der Waals surface area contributed by atoms with Crippen molar-refractivity contribution < 1.29 is 9.90 Å². The lowest BCUT2D eigenvalue weighted by molar-refractivity contribution is 0.0697. The predicted molar refractivity (Wildman–Crippen MR) is 117 cm³/mol. The number of carbonyl (C=O) groups is 1. The van der Waals surface area contributed by atoms with Gasteiger partial charge in [-0.25, -0.2) is 9.78 Å². The number of fused-ring (bicyclic) bond motifs is 1. The van der Waals surface area contributed by atoms with E-state index in [2.05, 4.69) is 16.7 Å². The first-order valence-electron chi connectivity index (χ1n) is 10.4. The second kappa shape index (κ2) is 9.05. The highest BCUT2D eigenvalue weighted by Crippen LogP contribution is 2.29. The summed E-state index contributed by atoms with van der Waals surface area (Å²) in [5.74, 6) is -0.141. The maximum Gasteiger partial charge on any atom is 0.335 e. The lowest BCUT2D eigenvalue weighted by atomic mass is 9.95. The average molecular weight is 389 g/mol. The Morgan fingerprint density at radius 2 is 2.07 bits per heavy atom. The van der Waals surface area contributed by atoms with Crippen LogP contribution in [0.2, 0.25) is 0 Å². The van der Waals surface area contributed by atoms with Gasteiger partial charge in [-0.05, 0) is 69.0 Å². The van der Waals surface area contributed by atoms with Gasteiger partial charge in [0, 0.05) is 23.2 Å². The SMILES string of the molecule is O=C(O)c1cccc(-c2cc(NCCCC3CCCNC3)c3ccccc3n2)c1. The topological polar surface area (TPSA) is 74.2 Å².